The lowest BCUT2D eigenvalue weighted by atomic mass is 10.2. The van der Waals surface area contributed by atoms with E-state index in [4.69, 9.17) is 11.6 Å². The van der Waals surface area contributed by atoms with Crippen LogP contribution in [-0.2, 0) is 13.6 Å². The summed E-state index contributed by atoms with van der Waals surface area (Å²) in [6, 6.07) is 10.2. The van der Waals surface area contributed by atoms with Crippen LogP contribution >= 0.6 is 11.6 Å². The van der Waals surface area contributed by atoms with Crippen LogP contribution in [0, 0.1) is 6.92 Å². The normalized spacial score (nSPS) is 11.3. The van der Waals surface area contributed by atoms with Crippen molar-refractivity contribution >= 4 is 22.5 Å². The van der Waals surface area contributed by atoms with Crippen LogP contribution in [-0.4, -0.2) is 14.3 Å². The standard InChI is InChI=1S/C14H14ClN3/c1-10-7-13(17(2)16-10)9-18-6-5-11-3-4-12(15)8-14(11)18/h3-8H,9H2,1-2H3. The van der Waals surface area contributed by atoms with Gasteiger partial charge in [-0.2, -0.15) is 5.10 Å². The van der Waals surface area contributed by atoms with Crippen LogP contribution in [0.25, 0.3) is 10.9 Å². The minimum absolute atomic E-state index is 0.767. The van der Waals surface area contributed by atoms with Gasteiger partial charge in [0.15, 0.2) is 0 Å². The Hall–Kier alpha value is -1.74. The number of aromatic nitrogens is 3. The van der Waals surface area contributed by atoms with Crippen LogP contribution in [0.4, 0.5) is 0 Å². The quantitative estimate of drug-likeness (QED) is 0.692. The summed E-state index contributed by atoms with van der Waals surface area (Å²) in [6.45, 7) is 2.81. The molecule has 0 radical (unpaired) electrons. The second-order valence-corrected chi connectivity index (χ2v) is 4.98. The van der Waals surface area contributed by atoms with Crippen molar-refractivity contribution in [3.8, 4) is 0 Å². The highest BCUT2D eigenvalue weighted by atomic mass is 35.5. The molecule has 4 heteroatoms. The summed E-state index contributed by atoms with van der Waals surface area (Å²) >= 11 is 6.06. The molecule has 1 aromatic carbocycles. The number of halogens is 1. The first-order valence-electron chi connectivity index (χ1n) is 5.87. The van der Waals surface area contributed by atoms with Crippen molar-refractivity contribution in [2.24, 2.45) is 7.05 Å². The van der Waals surface area contributed by atoms with Crippen LogP contribution < -0.4 is 0 Å². The molecule has 18 heavy (non-hydrogen) atoms. The van der Waals surface area contributed by atoms with Gasteiger partial charge in [-0.05, 0) is 36.6 Å². The first-order valence-corrected chi connectivity index (χ1v) is 6.25. The third-order valence-corrected chi connectivity index (χ3v) is 3.40. The van der Waals surface area contributed by atoms with Gasteiger partial charge < -0.3 is 4.57 Å². The van der Waals surface area contributed by atoms with Crippen molar-refractivity contribution < 1.29 is 0 Å². The molecule has 0 aliphatic rings. The van der Waals surface area contributed by atoms with Crippen LogP contribution in [0.1, 0.15) is 11.4 Å². The monoisotopic (exact) mass is 259 g/mol. The van der Waals surface area contributed by atoms with Gasteiger partial charge in [-0.1, -0.05) is 17.7 Å². The third-order valence-electron chi connectivity index (χ3n) is 3.17. The first kappa shape index (κ1) is 11.4. The van der Waals surface area contributed by atoms with Crippen molar-refractivity contribution in [1.29, 1.82) is 0 Å². The Kier molecular flexibility index (Phi) is 2.63. The van der Waals surface area contributed by atoms with E-state index in [1.165, 1.54) is 11.1 Å². The first-order chi connectivity index (χ1) is 8.63. The lowest BCUT2D eigenvalue weighted by Crippen LogP contribution is -2.04. The number of nitrogens with zero attached hydrogens (tertiary/aromatic N) is 3. The molecule has 2 aromatic heterocycles. The molecular weight excluding hydrogens is 246 g/mol. The predicted octanol–water partition coefficient (Wildman–Crippen LogP) is 3.38. The van der Waals surface area contributed by atoms with E-state index in [2.05, 4.69) is 28.0 Å². The minimum Gasteiger partial charge on any atom is -0.341 e. The highest BCUT2D eigenvalue weighted by molar-refractivity contribution is 6.31. The molecule has 0 unspecified atom stereocenters. The largest absolute Gasteiger partial charge is 0.341 e. The fourth-order valence-corrected chi connectivity index (χ4v) is 2.45. The zero-order chi connectivity index (χ0) is 12.7. The second-order valence-electron chi connectivity index (χ2n) is 4.55. The molecule has 0 N–H and O–H groups in total. The van der Waals surface area contributed by atoms with Crippen molar-refractivity contribution in [2.45, 2.75) is 13.5 Å². The van der Waals surface area contributed by atoms with Gasteiger partial charge >= 0.3 is 0 Å². The van der Waals surface area contributed by atoms with Crippen LogP contribution in [0.15, 0.2) is 36.5 Å². The average molecular weight is 260 g/mol. The summed E-state index contributed by atoms with van der Waals surface area (Å²) in [4.78, 5) is 0. The molecule has 0 saturated heterocycles. The smallest absolute Gasteiger partial charge is 0.0645 e. The van der Waals surface area contributed by atoms with Crippen LogP contribution in [0.2, 0.25) is 5.02 Å². The topological polar surface area (TPSA) is 22.8 Å². The van der Waals surface area contributed by atoms with E-state index in [0.29, 0.717) is 0 Å². The van der Waals surface area contributed by atoms with E-state index < -0.39 is 0 Å². The van der Waals surface area contributed by atoms with Gasteiger partial charge in [0.1, 0.15) is 0 Å². The molecule has 0 aliphatic heterocycles. The van der Waals surface area contributed by atoms with E-state index in [-0.39, 0.29) is 0 Å². The van der Waals surface area contributed by atoms with Gasteiger partial charge in [0.2, 0.25) is 0 Å². The van der Waals surface area contributed by atoms with E-state index in [0.717, 1.165) is 22.8 Å². The summed E-state index contributed by atoms with van der Waals surface area (Å²) in [5.41, 5.74) is 3.38. The Morgan fingerprint density at radius 3 is 2.78 bits per heavy atom. The maximum Gasteiger partial charge on any atom is 0.0645 e. The summed E-state index contributed by atoms with van der Waals surface area (Å²) in [5, 5.41) is 6.34. The second kappa shape index (κ2) is 4.18. The van der Waals surface area contributed by atoms with Gasteiger partial charge in [0, 0.05) is 23.8 Å². The molecule has 92 valence electrons. The van der Waals surface area contributed by atoms with Crippen molar-refractivity contribution in [3.05, 3.63) is 52.9 Å². The van der Waals surface area contributed by atoms with Crippen molar-refractivity contribution in [3.63, 3.8) is 0 Å². The van der Waals surface area contributed by atoms with E-state index in [1.807, 2.05) is 36.9 Å². The third kappa shape index (κ3) is 1.91. The lowest BCUT2D eigenvalue weighted by molar-refractivity contribution is 0.673. The maximum atomic E-state index is 6.06. The van der Waals surface area contributed by atoms with Gasteiger partial charge in [0.05, 0.1) is 17.9 Å². The molecule has 0 spiro atoms. The Balaban J connectivity index is 2.05. The maximum absolute atomic E-state index is 6.06. The summed E-state index contributed by atoms with van der Waals surface area (Å²) in [7, 11) is 1.97. The molecule has 3 aromatic rings. The zero-order valence-corrected chi connectivity index (χ0v) is 11.1. The summed E-state index contributed by atoms with van der Waals surface area (Å²) in [6.07, 6.45) is 2.09. The SMILES string of the molecule is Cc1cc(Cn2ccc3ccc(Cl)cc32)n(C)n1. The zero-order valence-electron chi connectivity index (χ0n) is 10.4. The average Bonchev–Trinajstić information content (AvgIpc) is 2.84. The van der Waals surface area contributed by atoms with Gasteiger partial charge in [-0.25, -0.2) is 0 Å². The van der Waals surface area contributed by atoms with E-state index in [9.17, 15) is 0 Å². The molecule has 2 heterocycles. The number of aryl methyl sites for hydroxylation is 2. The van der Waals surface area contributed by atoms with E-state index >= 15 is 0 Å². The highest BCUT2D eigenvalue weighted by Gasteiger charge is 2.06. The number of hydrogen-bond donors (Lipinski definition) is 0. The number of benzene rings is 1. The van der Waals surface area contributed by atoms with Gasteiger partial charge in [-0.3, -0.25) is 4.68 Å². The molecule has 3 rings (SSSR count). The molecule has 0 aliphatic carbocycles. The lowest BCUT2D eigenvalue weighted by Gasteiger charge is -2.06. The Bertz CT molecular complexity index is 709. The number of hydrogen-bond acceptors (Lipinski definition) is 1. The van der Waals surface area contributed by atoms with Crippen LogP contribution in [0.3, 0.4) is 0 Å². The van der Waals surface area contributed by atoms with Gasteiger partial charge in [-0.15, -0.1) is 0 Å². The van der Waals surface area contributed by atoms with Gasteiger partial charge in [0.25, 0.3) is 0 Å². The fourth-order valence-electron chi connectivity index (χ4n) is 2.28. The van der Waals surface area contributed by atoms with Crippen molar-refractivity contribution in [1.82, 2.24) is 14.3 Å². The molecule has 0 atom stereocenters. The molecule has 0 saturated carbocycles. The molecule has 0 fully saturated rings. The number of fused-ring (bicyclic) bond motifs is 1. The highest BCUT2D eigenvalue weighted by Crippen LogP contribution is 2.21. The fraction of sp³-hybridized carbons (Fsp3) is 0.214. The Morgan fingerprint density at radius 1 is 1.22 bits per heavy atom. The molecular formula is C14H14ClN3. The Labute approximate surface area is 111 Å². The Morgan fingerprint density at radius 2 is 2.06 bits per heavy atom. The minimum atomic E-state index is 0.767. The summed E-state index contributed by atoms with van der Waals surface area (Å²) in [5.74, 6) is 0. The molecule has 0 bridgehead atoms. The number of rotatable bonds is 2. The molecule has 3 nitrogen and oxygen atoms in total. The van der Waals surface area contributed by atoms with Crippen molar-refractivity contribution in [2.75, 3.05) is 0 Å². The van der Waals surface area contributed by atoms with Crippen LogP contribution in [0.5, 0.6) is 0 Å². The molecule has 0 amide bonds. The summed E-state index contributed by atoms with van der Waals surface area (Å²) < 4.78 is 4.11. The predicted molar refractivity (Wildman–Crippen MR) is 74.0 cm³/mol. The van der Waals surface area contributed by atoms with E-state index in [1.54, 1.807) is 0 Å².